The number of ether oxygens (including phenoxy) is 3. The number of nitrogens with zero attached hydrogens (tertiary/aromatic N) is 3. The molecular formula is C44H52N6O10. The van der Waals surface area contributed by atoms with E-state index in [2.05, 4.69) is 22.5 Å². The van der Waals surface area contributed by atoms with Gasteiger partial charge in [0.05, 0.1) is 14.2 Å². The molecule has 1 saturated heterocycles. The van der Waals surface area contributed by atoms with Gasteiger partial charge in [0.15, 0.2) is 22.8 Å². The van der Waals surface area contributed by atoms with E-state index in [1.807, 2.05) is 0 Å². The van der Waals surface area contributed by atoms with Crippen LogP contribution in [0.3, 0.4) is 0 Å². The molecule has 318 valence electrons. The number of methoxy groups -OCH3 is 2. The Morgan fingerprint density at radius 3 is 2.05 bits per heavy atom. The molecule has 6 atom stereocenters. The van der Waals surface area contributed by atoms with Gasteiger partial charge in [0.2, 0.25) is 29.5 Å². The van der Waals surface area contributed by atoms with E-state index in [-0.39, 0.29) is 29.9 Å². The van der Waals surface area contributed by atoms with Crippen LogP contribution in [0.15, 0.2) is 79.4 Å². The minimum atomic E-state index is -2.38. The van der Waals surface area contributed by atoms with Gasteiger partial charge in [-0.1, -0.05) is 30.3 Å². The molecule has 0 spiro atoms. The second kappa shape index (κ2) is 18.5. The lowest BCUT2D eigenvalue weighted by molar-refractivity contribution is -0.152. The summed E-state index contributed by atoms with van der Waals surface area (Å²) in [5.74, 6) is -4.12. The van der Waals surface area contributed by atoms with Crippen molar-refractivity contribution in [1.82, 2.24) is 30.7 Å². The van der Waals surface area contributed by atoms with E-state index in [4.69, 9.17) is 14.2 Å². The van der Waals surface area contributed by atoms with E-state index in [1.54, 1.807) is 48.5 Å². The largest absolute Gasteiger partial charge is 0.497 e. The molecule has 2 aliphatic heterocycles. The first-order chi connectivity index (χ1) is 28.5. The lowest BCUT2D eigenvalue weighted by Crippen LogP contribution is -2.68. The van der Waals surface area contributed by atoms with E-state index >= 15 is 9.59 Å². The van der Waals surface area contributed by atoms with Gasteiger partial charge in [-0.3, -0.25) is 33.6 Å². The van der Waals surface area contributed by atoms with Gasteiger partial charge in [0.1, 0.15) is 41.7 Å². The number of nitrogens with one attached hydrogen (secondary N) is 3. The maximum atomic E-state index is 15.1. The SMILES string of the molecule is C=CC[C@@]12C(=O)N[C@H](C)C(=O)N[C@@H](C)C(=O)N(C)[C@@H](Cc3ccc(OC)cc3)C(=O)N[C@@H](C)C(=O)N(C)[C@@H](Cc3cccc(c3)Oc3cc(ccc3OC)C1=O)C(=O)N2C. The van der Waals surface area contributed by atoms with Crippen LogP contribution in [0.25, 0.3) is 0 Å². The van der Waals surface area contributed by atoms with Gasteiger partial charge in [-0.2, -0.15) is 0 Å². The lowest BCUT2D eigenvalue weighted by atomic mass is 9.82. The highest BCUT2D eigenvalue weighted by atomic mass is 16.5. The highest BCUT2D eigenvalue weighted by molar-refractivity contribution is 6.20. The highest BCUT2D eigenvalue weighted by Gasteiger charge is 2.53. The third-order valence-corrected chi connectivity index (χ3v) is 11.1. The van der Waals surface area contributed by atoms with Crippen LogP contribution in [0.5, 0.6) is 23.0 Å². The number of Topliss-reactive ketones (excluding diaryl/α,β-unsaturated/α-hetero) is 1. The zero-order valence-corrected chi connectivity index (χ0v) is 35.1. The molecule has 3 aromatic rings. The Balaban J connectivity index is 1.68. The zero-order valence-electron chi connectivity index (χ0n) is 35.1. The molecule has 3 aromatic carbocycles. The molecule has 5 rings (SSSR count). The van der Waals surface area contributed by atoms with E-state index < -0.39 is 83.4 Å². The van der Waals surface area contributed by atoms with Crippen LogP contribution in [-0.4, -0.2) is 127 Å². The van der Waals surface area contributed by atoms with Gasteiger partial charge in [0.25, 0.3) is 5.91 Å². The number of hydrogen-bond acceptors (Lipinski definition) is 10. The molecule has 2 aliphatic rings. The molecule has 2 heterocycles. The molecule has 6 amide bonds. The average Bonchev–Trinajstić information content (AvgIpc) is 3.24. The topological polar surface area (TPSA) is 193 Å². The number of amides is 6. The smallest absolute Gasteiger partial charge is 0.255 e. The molecule has 1 fully saturated rings. The van der Waals surface area contributed by atoms with Crippen molar-refractivity contribution < 1.29 is 47.8 Å². The fraction of sp³-hybridized carbons (Fsp3) is 0.386. The van der Waals surface area contributed by atoms with Crippen molar-refractivity contribution in [2.24, 2.45) is 0 Å². The van der Waals surface area contributed by atoms with Crippen LogP contribution in [-0.2, 0) is 41.6 Å². The summed E-state index contributed by atoms with van der Waals surface area (Å²) < 4.78 is 17.0. The predicted molar refractivity (Wildman–Crippen MR) is 220 cm³/mol. The Kier molecular flexibility index (Phi) is 13.7. The van der Waals surface area contributed by atoms with Crippen LogP contribution in [0, 0.1) is 0 Å². The third-order valence-electron chi connectivity index (χ3n) is 11.1. The van der Waals surface area contributed by atoms with Crippen molar-refractivity contribution in [2.45, 2.75) is 75.8 Å². The molecule has 6 bridgehead atoms. The normalized spacial score (nSPS) is 24.7. The molecule has 0 unspecified atom stereocenters. The third kappa shape index (κ3) is 8.96. The Morgan fingerprint density at radius 2 is 1.42 bits per heavy atom. The van der Waals surface area contributed by atoms with Crippen LogP contribution in [0.4, 0.5) is 0 Å². The summed E-state index contributed by atoms with van der Waals surface area (Å²) in [6.07, 6.45) is 0.795. The fourth-order valence-electron chi connectivity index (χ4n) is 7.42. The predicted octanol–water partition coefficient (Wildman–Crippen LogP) is 2.43. The van der Waals surface area contributed by atoms with Gasteiger partial charge >= 0.3 is 0 Å². The van der Waals surface area contributed by atoms with Crippen molar-refractivity contribution in [2.75, 3.05) is 35.4 Å². The van der Waals surface area contributed by atoms with Crippen LogP contribution in [0.2, 0.25) is 0 Å². The van der Waals surface area contributed by atoms with Crippen molar-refractivity contribution in [3.63, 3.8) is 0 Å². The number of likely N-dealkylation sites (N-methyl/N-ethyl adjacent to an activating group) is 3. The van der Waals surface area contributed by atoms with Crippen molar-refractivity contribution in [3.05, 3.63) is 96.1 Å². The highest BCUT2D eigenvalue weighted by Crippen LogP contribution is 2.36. The standard InChI is InChI=1S/C44H52N6O10/c1-10-20-44-37(51)30-16-19-35(59-9)36(24-30)60-32-13-11-12-29(21-32)23-34(42(56)50(44)7)49(6)41(55)27(4)46-39(53)33(22-28-14-17-31(58-8)18-15-28)48(5)40(54)26(3)45-38(52)25(2)47-43(44)57/h10-19,21,24-27,33-34H,1,20,22-23H2,2-9H3,(H,45,52)(H,46,53)(H,47,57)/t25-,26+,27+,33+,34+,44+/m1/s1. The summed E-state index contributed by atoms with van der Waals surface area (Å²) in [4.78, 5) is 105. The Bertz CT molecular complexity index is 2180. The number of rotatable bonds is 6. The maximum absolute atomic E-state index is 15.1. The van der Waals surface area contributed by atoms with E-state index in [1.165, 1.54) is 85.3 Å². The fourth-order valence-corrected chi connectivity index (χ4v) is 7.42. The maximum Gasteiger partial charge on any atom is 0.255 e. The van der Waals surface area contributed by atoms with Gasteiger partial charge in [-0.05, 0) is 74.4 Å². The summed E-state index contributed by atoms with van der Waals surface area (Å²) in [6, 6.07) is 11.7. The van der Waals surface area contributed by atoms with Gasteiger partial charge < -0.3 is 44.9 Å². The lowest BCUT2D eigenvalue weighted by Gasteiger charge is -2.42. The molecule has 16 heteroatoms. The minimum Gasteiger partial charge on any atom is -0.497 e. The first-order valence-corrected chi connectivity index (χ1v) is 19.4. The summed E-state index contributed by atoms with van der Waals surface area (Å²) in [6.45, 7) is 8.05. The monoisotopic (exact) mass is 824 g/mol. The van der Waals surface area contributed by atoms with Gasteiger partial charge in [-0.25, -0.2) is 0 Å². The van der Waals surface area contributed by atoms with Crippen LogP contribution >= 0.6 is 0 Å². The first kappa shape index (κ1) is 44.4. The molecule has 0 radical (unpaired) electrons. The quantitative estimate of drug-likeness (QED) is 0.246. The molecule has 60 heavy (non-hydrogen) atoms. The summed E-state index contributed by atoms with van der Waals surface area (Å²) in [7, 11) is 7.03. The van der Waals surface area contributed by atoms with Crippen molar-refractivity contribution in [3.8, 4) is 23.0 Å². The minimum absolute atomic E-state index is 0.0279. The average molecular weight is 825 g/mol. The zero-order chi connectivity index (χ0) is 44.1. The van der Waals surface area contributed by atoms with E-state index in [0.717, 1.165) is 9.80 Å². The second-order valence-corrected chi connectivity index (χ2v) is 15.0. The number of benzene rings is 3. The van der Waals surface area contributed by atoms with Gasteiger partial charge in [-0.15, -0.1) is 6.58 Å². The molecule has 16 nitrogen and oxygen atoms in total. The molecule has 0 aromatic heterocycles. The summed E-state index contributed by atoms with van der Waals surface area (Å²) >= 11 is 0. The van der Waals surface area contributed by atoms with Crippen LogP contribution in [0.1, 0.15) is 48.7 Å². The Morgan fingerprint density at radius 1 is 0.767 bits per heavy atom. The number of carbonyl (C=O) groups excluding carboxylic acids is 7. The van der Waals surface area contributed by atoms with E-state index in [9.17, 15) is 24.0 Å². The second-order valence-electron chi connectivity index (χ2n) is 15.0. The summed E-state index contributed by atoms with van der Waals surface area (Å²) in [5, 5.41) is 7.95. The molecule has 3 N–H and O–H groups in total. The number of fused-ring (bicyclic) bond motifs is 7. The van der Waals surface area contributed by atoms with Crippen molar-refractivity contribution in [1.29, 1.82) is 0 Å². The Hall–Kier alpha value is -6.71. The Labute approximate surface area is 349 Å². The number of ketones is 1. The molecular weight excluding hydrogens is 773 g/mol. The molecule has 0 saturated carbocycles. The molecule has 0 aliphatic carbocycles. The van der Waals surface area contributed by atoms with E-state index in [0.29, 0.717) is 22.6 Å². The summed E-state index contributed by atoms with van der Waals surface area (Å²) in [5.41, 5.74) is -1.19. The number of carbonyl (C=O) groups is 7. The van der Waals surface area contributed by atoms with Crippen LogP contribution < -0.4 is 30.2 Å². The first-order valence-electron chi connectivity index (χ1n) is 19.4. The van der Waals surface area contributed by atoms with Gasteiger partial charge in [0, 0.05) is 46.0 Å². The van der Waals surface area contributed by atoms with Crippen molar-refractivity contribution >= 4 is 41.2 Å². The number of hydrogen-bond donors (Lipinski definition) is 3.